The van der Waals surface area contributed by atoms with Crippen LogP contribution in [0.1, 0.15) is 23.9 Å². The van der Waals surface area contributed by atoms with Crippen molar-refractivity contribution in [3.63, 3.8) is 0 Å². The predicted octanol–water partition coefficient (Wildman–Crippen LogP) is 5.15. The summed E-state index contributed by atoms with van der Waals surface area (Å²) in [5.41, 5.74) is 10.9. The van der Waals surface area contributed by atoms with Gasteiger partial charge in [0.1, 0.15) is 11.9 Å². The third kappa shape index (κ3) is 2.63. The second kappa shape index (κ2) is 6.34. The number of nitrogens with zero attached hydrogens (tertiary/aromatic N) is 2. The number of para-hydroxylation sites is 3. The van der Waals surface area contributed by atoms with E-state index >= 15 is 0 Å². The Morgan fingerprint density at radius 3 is 2.38 bits per heavy atom. The van der Waals surface area contributed by atoms with Crippen molar-refractivity contribution < 1.29 is 0 Å². The number of aromatic nitrogens is 3. The SMILES string of the molecule is c1ccc(-c2[nH]c3ccccc3c2C2=NNC(c3nc4ccccc4[nH]3)C2)cc1. The zero-order valence-electron chi connectivity index (χ0n) is 15.7. The van der Waals surface area contributed by atoms with Gasteiger partial charge in [0, 0.05) is 22.9 Å². The molecule has 0 radical (unpaired) electrons. The van der Waals surface area contributed by atoms with Crippen LogP contribution in [-0.2, 0) is 0 Å². The average Bonchev–Trinajstić information content (AvgIpc) is 3.49. The highest BCUT2D eigenvalue weighted by Crippen LogP contribution is 2.34. The summed E-state index contributed by atoms with van der Waals surface area (Å²) in [7, 11) is 0. The van der Waals surface area contributed by atoms with Gasteiger partial charge in [-0.05, 0) is 23.8 Å². The van der Waals surface area contributed by atoms with Crippen molar-refractivity contribution in [2.75, 3.05) is 0 Å². The Hall–Kier alpha value is -3.86. The van der Waals surface area contributed by atoms with Gasteiger partial charge in [0.2, 0.25) is 0 Å². The quantitative estimate of drug-likeness (QED) is 0.407. The van der Waals surface area contributed by atoms with Gasteiger partial charge in [-0.1, -0.05) is 60.7 Å². The molecule has 0 bridgehead atoms. The standard InChI is InChI=1S/C24H19N5/c1-2-8-15(9-3-1)23-22(16-10-4-5-11-17(16)25-23)20-14-21(29-28-20)24-26-18-12-6-7-13-19(18)27-24/h1-13,21,25,29H,14H2,(H,26,27). The van der Waals surface area contributed by atoms with Crippen LogP contribution in [0.5, 0.6) is 0 Å². The molecule has 1 atom stereocenters. The van der Waals surface area contributed by atoms with Crippen LogP contribution in [0.4, 0.5) is 0 Å². The molecule has 6 rings (SSSR count). The molecule has 1 aliphatic rings. The number of H-pyrrole nitrogens is 2. The molecule has 3 N–H and O–H groups in total. The van der Waals surface area contributed by atoms with Gasteiger partial charge < -0.3 is 9.97 Å². The smallest absolute Gasteiger partial charge is 0.131 e. The van der Waals surface area contributed by atoms with E-state index in [9.17, 15) is 0 Å². The van der Waals surface area contributed by atoms with Gasteiger partial charge in [-0.3, -0.25) is 5.43 Å². The minimum atomic E-state index is 0.0367. The maximum absolute atomic E-state index is 4.75. The Balaban J connectivity index is 1.42. The van der Waals surface area contributed by atoms with Crippen LogP contribution in [0.3, 0.4) is 0 Å². The summed E-state index contributed by atoms with van der Waals surface area (Å²) in [5, 5.41) is 5.92. The molecule has 5 nitrogen and oxygen atoms in total. The van der Waals surface area contributed by atoms with Crippen LogP contribution in [0.25, 0.3) is 33.2 Å². The number of fused-ring (bicyclic) bond motifs is 2. The summed E-state index contributed by atoms with van der Waals surface area (Å²) < 4.78 is 0. The lowest BCUT2D eigenvalue weighted by Gasteiger charge is -2.07. The lowest BCUT2D eigenvalue weighted by Crippen LogP contribution is -2.11. The molecule has 140 valence electrons. The van der Waals surface area contributed by atoms with Crippen molar-refractivity contribution in [3.8, 4) is 11.3 Å². The van der Waals surface area contributed by atoms with E-state index in [2.05, 4.69) is 70.0 Å². The molecule has 0 fully saturated rings. The molecule has 5 aromatic rings. The maximum Gasteiger partial charge on any atom is 0.131 e. The van der Waals surface area contributed by atoms with Gasteiger partial charge >= 0.3 is 0 Å². The van der Waals surface area contributed by atoms with Crippen LogP contribution in [0, 0.1) is 0 Å². The first-order valence-electron chi connectivity index (χ1n) is 9.80. The number of aromatic amines is 2. The molecule has 0 saturated heterocycles. The Morgan fingerprint density at radius 1 is 0.759 bits per heavy atom. The van der Waals surface area contributed by atoms with E-state index in [0.29, 0.717) is 0 Å². The predicted molar refractivity (Wildman–Crippen MR) is 117 cm³/mol. The normalized spacial score (nSPS) is 16.3. The van der Waals surface area contributed by atoms with E-state index in [4.69, 9.17) is 10.1 Å². The Labute approximate surface area is 167 Å². The van der Waals surface area contributed by atoms with E-state index < -0.39 is 0 Å². The van der Waals surface area contributed by atoms with Crippen LogP contribution in [-0.4, -0.2) is 20.7 Å². The Morgan fingerprint density at radius 2 is 1.52 bits per heavy atom. The topological polar surface area (TPSA) is 68.9 Å². The van der Waals surface area contributed by atoms with E-state index in [1.807, 2.05) is 24.3 Å². The third-order valence-corrected chi connectivity index (χ3v) is 5.55. The monoisotopic (exact) mass is 377 g/mol. The fraction of sp³-hybridized carbons (Fsp3) is 0.0833. The zero-order valence-corrected chi connectivity index (χ0v) is 15.7. The number of benzene rings is 3. The number of hydrazone groups is 1. The first kappa shape index (κ1) is 16.1. The van der Waals surface area contributed by atoms with E-state index in [1.54, 1.807) is 0 Å². The van der Waals surface area contributed by atoms with Crippen LogP contribution in [0.2, 0.25) is 0 Å². The fourth-order valence-electron chi connectivity index (χ4n) is 4.16. The first-order valence-corrected chi connectivity index (χ1v) is 9.80. The number of hydrogen-bond donors (Lipinski definition) is 3. The highest BCUT2D eigenvalue weighted by molar-refractivity contribution is 6.16. The molecule has 1 aliphatic heterocycles. The highest BCUT2D eigenvalue weighted by Gasteiger charge is 2.27. The van der Waals surface area contributed by atoms with Crippen molar-refractivity contribution in [3.05, 3.63) is 90.3 Å². The molecule has 1 unspecified atom stereocenters. The molecule has 0 saturated carbocycles. The van der Waals surface area contributed by atoms with Crippen LogP contribution >= 0.6 is 0 Å². The molecule has 3 aromatic carbocycles. The van der Waals surface area contributed by atoms with Gasteiger partial charge in [-0.25, -0.2) is 4.98 Å². The molecular weight excluding hydrogens is 358 g/mol. The van der Waals surface area contributed by atoms with Crippen molar-refractivity contribution in [2.24, 2.45) is 5.10 Å². The van der Waals surface area contributed by atoms with Crippen molar-refractivity contribution in [1.82, 2.24) is 20.4 Å². The van der Waals surface area contributed by atoms with Gasteiger partial charge in [0.15, 0.2) is 0 Å². The third-order valence-electron chi connectivity index (χ3n) is 5.55. The van der Waals surface area contributed by atoms with E-state index in [1.165, 1.54) is 5.39 Å². The minimum Gasteiger partial charge on any atom is -0.354 e. The Bertz CT molecular complexity index is 1330. The van der Waals surface area contributed by atoms with Crippen molar-refractivity contribution in [1.29, 1.82) is 0 Å². The van der Waals surface area contributed by atoms with Crippen molar-refractivity contribution in [2.45, 2.75) is 12.5 Å². The van der Waals surface area contributed by atoms with Gasteiger partial charge in [-0.2, -0.15) is 5.10 Å². The molecule has 29 heavy (non-hydrogen) atoms. The van der Waals surface area contributed by atoms with Crippen LogP contribution < -0.4 is 5.43 Å². The average molecular weight is 377 g/mol. The fourth-order valence-corrected chi connectivity index (χ4v) is 4.16. The summed E-state index contributed by atoms with van der Waals surface area (Å²) >= 11 is 0. The number of rotatable bonds is 3. The van der Waals surface area contributed by atoms with Gasteiger partial charge in [0.05, 0.1) is 22.4 Å². The van der Waals surface area contributed by atoms with Gasteiger partial charge in [0.25, 0.3) is 0 Å². The molecule has 0 aliphatic carbocycles. The highest BCUT2D eigenvalue weighted by atomic mass is 15.3. The minimum absolute atomic E-state index is 0.0367. The molecule has 3 heterocycles. The summed E-state index contributed by atoms with van der Waals surface area (Å²) in [6.07, 6.45) is 0.779. The zero-order chi connectivity index (χ0) is 19.2. The summed E-state index contributed by atoms with van der Waals surface area (Å²) in [6.45, 7) is 0. The molecule has 0 spiro atoms. The second-order valence-electron chi connectivity index (χ2n) is 7.37. The molecular formula is C24H19N5. The van der Waals surface area contributed by atoms with E-state index in [0.717, 1.165) is 51.3 Å². The number of nitrogens with one attached hydrogen (secondary N) is 3. The van der Waals surface area contributed by atoms with Gasteiger partial charge in [-0.15, -0.1) is 0 Å². The van der Waals surface area contributed by atoms with E-state index in [-0.39, 0.29) is 6.04 Å². The van der Waals surface area contributed by atoms with Crippen molar-refractivity contribution >= 4 is 27.6 Å². The summed E-state index contributed by atoms with van der Waals surface area (Å²) in [4.78, 5) is 11.8. The number of hydrogen-bond acceptors (Lipinski definition) is 3. The Kier molecular flexibility index (Phi) is 3.53. The maximum atomic E-state index is 4.75. The summed E-state index contributed by atoms with van der Waals surface area (Å²) in [5.74, 6) is 0.922. The summed E-state index contributed by atoms with van der Waals surface area (Å²) in [6, 6.07) is 27.0. The molecule has 5 heteroatoms. The molecule has 0 amide bonds. The lowest BCUT2D eigenvalue weighted by molar-refractivity contribution is 0.591. The number of imidazole rings is 1. The lowest BCUT2D eigenvalue weighted by atomic mass is 9.98. The second-order valence-corrected chi connectivity index (χ2v) is 7.37. The van der Waals surface area contributed by atoms with Crippen LogP contribution in [0.15, 0.2) is 84.0 Å². The first-order chi connectivity index (χ1) is 14.4. The largest absolute Gasteiger partial charge is 0.354 e. The molecule has 2 aromatic heterocycles.